The van der Waals surface area contributed by atoms with E-state index in [1.54, 1.807) is 0 Å². The van der Waals surface area contributed by atoms with E-state index in [0.717, 1.165) is 0 Å². The maximum absolute atomic E-state index is 10.5. The molecule has 5 nitrogen and oxygen atoms in total. The first-order chi connectivity index (χ1) is 5.75. The van der Waals surface area contributed by atoms with Gasteiger partial charge in [0.25, 0.3) is 10.1 Å². The molecule has 0 aromatic rings. The molecule has 0 fully saturated rings. The molecule has 0 heterocycles. The number of carbonyl (C=O) groups excluding carboxylic acids is 1. The molecule has 0 aliphatic carbocycles. The minimum Gasteiger partial charge on any atom is -0.545 e. The van der Waals surface area contributed by atoms with Crippen LogP contribution in [0.2, 0.25) is 0 Å². The fourth-order valence-electron chi connectivity index (χ4n) is 0.628. The molecule has 0 radical (unpaired) electrons. The van der Waals surface area contributed by atoms with Crippen LogP contribution >= 0.6 is 0 Å². The maximum Gasteiger partial charge on any atom is 1.00 e. The van der Waals surface area contributed by atoms with Crippen LogP contribution in [-0.4, -0.2) is 24.2 Å². The van der Waals surface area contributed by atoms with Gasteiger partial charge in [0.1, 0.15) is 0 Å². The summed E-state index contributed by atoms with van der Waals surface area (Å²) in [6, 6.07) is 0. The Hall–Kier alpha value is 0.756. The molecule has 0 aromatic carbocycles. The predicted molar refractivity (Wildman–Crippen MR) is 44.4 cm³/mol. The normalized spacial score (nSPS) is 12.7. The van der Waals surface area contributed by atoms with Gasteiger partial charge in [0.15, 0.2) is 0 Å². The molecule has 0 saturated heterocycles. The largest absolute Gasteiger partial charge is 1.00 e. The molecular weight excluding hydrogens is 235 g/mol. The second kappa shape index (κ2) is 7.10. The summed E-state index contributed by atoms with van der Waals surface area (Å²) in [4.78, 5) is 10.1. The van der Waals surface area contributed by atoms with Gasteiger partial charge in [-0.05, 0) is 25.3 Å². The van der Waals surface area contributed by atoms with Crippen molar-refractivity contribution in [1.29, 1.82) is 0 Å². The zero-order chi connectivity index (χ0) is 10.6. The fourth-order valence-corrected chi connectivity index (χ4v) is 1.04. The Morgan fingerprint density at radius 1 is 1.57 bits per heavy atom. The van der Waals surface area contributed by atoms with Gasteiger partial charge in [-0.2, -0.15) is 8.42 Å². The van der Waals surface area contributed by atoms with Crippen molar-refractivity contribution in [2.24, 2.45) is 0 Å². The number of carboxylic acids is 1. The van der Waals surface area contributed by atoms with E-state index >= 15 is 0 Å². The Kier molecular flexibility index (Phi) is 8.70. The first-order valence-corrected chi connectivity index (χ1v) is 5.11. The zero-order valence-electron chi connectivity index (χ0n) is 8.19. The summed E-state index contributed by atoms with van der Waals surface area (Å²) in [7, 11) is -4.08. The number of hydrogen-bond donors (Lipinski definition) is 1. The standard InChI is InChI=1S/C7H12O5S.K/c1-5(7(8)9)3-4-6(2)13(10,11)12;/h6H,1,3-4H2,2H3,(H,8,9)(H,10,11,12);/q;+1/p-1. The molecule has 0 aliphatic rings. The molecule has 7 heteroatoms. The van der Waals surface area contributed by atoms with E-state index in [9.17, 15) is 18.3 Å². The summed E-state index contributed by atoms with van der Waals surface area (Å²) < 4.78 is 29.5. The first kappa shape index (κ1) is 17.2. The SMILES string of the molecule is C=C(CCC(C)S(=O)(=O)O)C(=O)[O-].[K+]. The number of aliphatic carboxylic acids is 1. The molecule has 1 unspecified atom stereocenters. The molecule has 0 saturated carbocycles. The van der Waals surface area contributed by atoms with E-state index in [4.69, 9.17) is 4.55 Å². The van der Waals surface area contributed by atoms with Crippen LogP contribution in [-0.2, 0) is 14.9 Å². The average Bonchev–Trinajstić information content (AvgIpc) is 1.97. The van der Waals surface area contributed by atoms with E-state index in [1.807, 2.05) is 0 Å². The number of carboxylic acid groups (broad SMARTS) is 1. The quantitative estimate of drug-likeness (QED) is 0.307. The molecule has 76 valence electrons. The van der Waals surface area contributed by atoms with Gasteiger partial charge >= 0.3 is 51.4 Å². The van der Waals surface area contributed by atoms with Crippen molar-refractivity contribution < 1.29 is 74.3 Å². The molecule has 1 atom stereocenters. The Labute approximate surface area is 126 Å². The number of rotatable bonds is 5. The number of carbonyl (C=O) groups is 1. The third-order valence-electron chi connectivity index (χ3n) is 1.65. The molecule has 0 rings (SSSR count). The summed E-state index contributed by atoms with van der Waals surface area (Å²) in [6.45, 7) is 4.46. The molecule has 0 aliphatic heterocycles. The summed E-state index contributed by atoms with van der Waals surface area (Å²) in [5, 5.41) is 9.16. The summed E-state index contributed by atoms with van der Waals surface area (Å²) in [5.41, 5.74) is -0.171. The van der Waals surface area contributed by atoms with Gasteiger partial charge in [0.2, 0.25) is 0 Å². The Balaban J connectivity index is 0. The molecule has 0 aromatic heterocycles. The van der Waals surface area contributed by atoms with E-state index < -0.39 is 21.3 Å². The van der Waals surface area contributed by atoms with Gasteiger partial charge in [-0.25, -0.2) is 0 Å². The molecule has 0 spiro atoms. The van der Waals surface area contributed by atoms with Gasteiger partial charge in [-0.15, -0.1) is 0 Å². The van der Waals surface area contributed by atoms with Crippen LogP contribution in [0.25, 0.3) is 0 Å². The fraction of sp³-hybridized carbons (Fsp3) is 0.571. The monoisotopic (exact) mass is 246 g/mol. The van der Waals surface area contributed by atoms with Crippen molar-refractivity contribution in [3.8, 4) is 0 Å². The number of hydrogen-bond acceptors (Lipinski definition) is 4. The third kappa shape index (κ3) is 7.10. The minimum atomic E-state index is -4.08. The second-order valence-corrected chi connectivity index (χ2v) is 4.59. The Morgan fingerprint density at radius 3 is 2.29 bits per heavy atom. The third-order valence-corrected chi connectivity index (χ3v) is 2.90. The van der Waals surface area contributed by atoms with Crippen molar-refractivity contribution in [3.63, 3.8) is 0 Å². The van der Waals surface area contributed by atoms with Crippen LogP contribution in [0.4, 0.5) is 0 Å². The summed E-state index contributed by atoms with van der Waals surface area (Å²) >= 11 is 0. The topological polar surface area (TPSA) is 94.5 Å². The smallest absolute Gasteiger partial charge is 0.545 e. The van der Waals surface area contributed by atoms with Crippen LogP contribution in [0.1, 0.15) is 19.8 Å². The minimum absolute atomic E-state index is 0. The van der Waals surface area contributed by atoms with Crippen LogP contribution in [0.15, 0.2) is 12.2 Å². The Bertz CT molecular complexity index is 308. The van der Waals surface area contributed by atoms with Gasteiger partial charge in [0.05, 0.1) is 11.2 Å². The summed E-state index contributed by atoms with van der Waals surface area (Å²) in [5.74, 6) is -1.40. The molecular formula is C7H11KO5S. The average molecular weight is 246 g/mol. The van der Waals surface area contributed by atoms with Crippen molar-refractivity contribution in [1.82, 2.24) is 0 Å². The predicted octanol–water partition coefficient (Wildman–Crippen LogP) is -3.65. The summed E-state index contributed by atoms with van der Waals surface area (Å²) in [6.07, 6.45) is 0.00887. The Morgan fingerprint density at radius 2 is 2.00 bits per heavy atom. The molecule has 1 N–H and O–H groups in total. The van der Waals surface area contributed by atoms with Crippen LogP contribution in [0.3, 0.4) is 0 Å². The first-order valence-electron chi connectivity index (χ1n) is 3.60. The van der Waals surface area contributed by atoms with E-state index in [0.29, 0.717) is 0 Å². The molecule has 0 amide bonds. The zero-order valence-corrected chi connectivity index (χ0v) is 12.1. The van der Waals surface area contributed by atoms with Crippen molar-refractivity contribution >= 4 is 16.1 Å². The van der Waals surface area contributed by atoms with Crippen LogP contribution in [0.5, 0.6) is 0 Å². The van der Waals surface area contributed by atoms with Gasteiger partial charge in [-0.3, -0.25) is 4.55 Å². The molecule has 14 heavy (non-hydrogen) atoms. The van der Waals surface area contributed by atoms with Gasteiger partial charge < -0.3 is 9.90 Å². The van der Waals surface area contributed by atoms with Crippen molar-refractivity contribution in [2.45, 2.75) is 25.0 Å². The van der Waals surface area contributed by atoms with E-state index in [2.05, 4.69) is 6.58 Å². The van der Waals surface area contributed by atoms with E-state index in [-0.39, 0.29) is 69.8 Å². The van der Waals surface area contributed by atoms with Crippen molar-refractivity contribution in [2.75, 3.05) is 0 Å². The van der Waals surface area contributed by atoms with Gasteiger partial charge in [-0.1, -0.05) is 6.58 Å². The van der Waals surface area contributed by atoms with Crippen LogP contribution in [0, 0.1) is 0 Å². The molecule has 0 bridgehead atoms. The maximum atomic E-state index is 10.5. The second-order valence-electron chi connectivity index (χ2n) is 2.76. The van der Waals surface area contributed by atoms with Gasteiger partial charge in [0, 0.05) is 0 Å². The van der Waals surface area contributed by atoms with Crippen molar-refractivity contribution in [3.05, 3.63) is 12.2 Å². The van der Waals surface area contributed by atoms with Crippen LogP contribution < -0.4 is 56.5 Å². The van der Waals surface area contributed by atoms with E-state index in [1.165, 1.54) is 6.92 Å².